The lowest BCUT2D eigenvalue weighted by Crippen LogP contribution is -2.30. The van der Waals surface area contributed by atoms with Gasteiger partial charge in [-0.1, -0.05) is 23.7 Å². The topological polar surface area (TPSA) is 114 Å². The van der Waals surface area contributed by atoms with Crippen molar-refractivity contribution in [2.75, 3.05) is 17.8 Å². The number of hydrogen-bond acceptors (Lipinski definition) is 6. The first-order valence-electron chi connectivity index (χ1n) is 7.72. The monoisotopic (exact) mass is 394 g/mol. The van der Waals surface area contributed by atoms with Crippen LogP contribution in [0.25, 0.3) is 0 Å². The van der Waals surface area contributed by atoms with Crippen molar-refractivity contribution in [3.8, 4) is 0 Å². The van der Waals surface area contributed by atoms with Crippen molar-refractivity contribution in [1.29, 1.82) is 0 Å². The van der Waals surface area contributed by atoms with Crippen LogP contribution in [0.3, 0.4) is 0 Å². The van der Waals surface area contributed by atoms with Crippen molar-refractivity contribution in [3.05, 3.63) is 63.2 Å². The molecule has 136 valence electrons. The number of sulfonamides is 1. The summed E-state index contributed by atoms with van der Waals surface area (Å²) in [6.45, 7) is 1.51. The van der Waals surface area contributed by atoms with Gasteiger partial charge in [0.15, 0.2) is 0 Å². The molecule has 0 fully saturated rings. The number of nitrogens with zero attached hydrogens (tertiary/aromatic N) is 2. The molecule has 3 rings (SSSR count). The summed E-state index contributed by atoms with van der Waals surface area (Å²) in [5.41, 5.74) is 0.694. The molecule has 1 aliphatic rings. The zero-order valence-electron chi connectivity index (χ0n) is 13.5. The molecule has 10 heteroatoms. The number of hydrogen-bond donors (Lipinski definition) is 2. The normalized spacial score (nSPS) is 14.3. The molecule has 0 aliphatic carbocycles. The van der Waals surface area contributed by atoms with Gasteiger partial charge in [0.1, 0.15) is 10.7 Å². The molecule has 26 heavy (non-hydrogen) atoms. The minimum atomic E-state index is -4.09. The van der Waals surface area contributed by atoms with Crippen LogP contribution in [0, 0.1) is 10.1 Å². The van der Waals surface area contributed by atoms with Crippen molar-refractivity contribution in [2.24, 2.45) is 4.99 Å². The molecule has 0 amide bonds. The number of rotatable bonds is 5. The molecule has 8 nitrogen and oxygen atoms in total. The van der Waals surface area contributed by atoms with E-state index in [1.165, 1.54) is 6.07 Å². The molecule has 2 N–H and O–H groups in total. The van der Waals surface area contributed by atoms with Crippen LogP contribution in [0.1, 0.15) is 12.0 Å². The number of aliphatic imine (C=N–C) groups is 1. The Morgan fingerprint density at radius 3 is 2.73 bits per heavy atom. The van der Waals surface area contributed by atoms with Crippen molar-refractivity contribution in [3.63, 3.8) is 0 Å². The highest BCUT2D eigenvalue weighted by Crippen LogP contribution is 2.28. The number of nitro benzene ring substituents is 1. The summed E-state index contributed by atoms with van der Waals surface area (Å²) in [5, 5.41) is 14.0. The van der Waals surface area contributed by atoms with Crippen LogP contribution in [0.15, 0.2) is 52.4 Å². The summed E-state index contributed by atoms with van der Waals surface area (Å²) in [6, 6.07) is 9.99. The van der Waals surface area contributed by atoms with Crippen LogP contribution in [-0.4, -0.2) is 32.3 Å². The van der Waals surface area contributed by atoms with Crippen molar-refractivity contribution >= 4 is 38.8 Å². The van der Waals surface area contributed by atoms with E-state index >= 15 is 0 Å². The van der Waals surface area contributed by atoms with Gasteiger partial charge in [-0.15, -0.1) is 0 Å². The maximum Gasteiger partial charge on any atom is 0.270 e. The summed E-state index contributed by atoms with van der Waals surface area (Å²) in [7, 11) is -4.09. The Kier molecular flexibility index (Phi) is 5.10. The third-order valence-electron chi connectivity index (χ3n) is 3.70. The highest BCUT2D eigenvalue weighted by Gasteiger charge is 2.22. The third-order valence-corrected chi connectivity index (χ3v) is 5.56. The Balaban J connectivity index is 1.92. The number of benzene rings is 2. The summed E-state index contributed by atoms with van der Waals surface area (Å²) in [4.78, 5) is 14.2. The zero-order valence-corrected chi connectivity index (χ0v) is 15.0. The highest BCUT2D eigenvalue weighted by atomic mass is 35.5. The first kappa shape index (κ1) is 18.2. The van der Waals surface area contributed by atoms with E-state index < -0.39 is 14.9 Å². The van der Waals surface area contributed by atoms with Gasteiger partial charge in [0.05, 0.1) is 9.95 Å². The molecule has 2 aromatic carbocycles. The quantitative estimate of drug-likeness (QED) is 0.597. The zero-order chi connectivity index (χ0) is 18.7. The molecule has 0 unspecified atom stereocenters. The molecule has 0 aromatic heterocycles. The Morgan fingerprint density at radius 2 is 2.04 bits per heavy atom. The second-order valence-corrected chi connectivity index (χ2v) is 7.63. The van der Waals surface area contributed by atoms with E-state index in [1.54, 1.807) is 18.2 Å². The van der Waals surface area contributed by atoms with E-state index in [0.29, 0.717) is 18.1 Å². The van der Waals surface area contributed by atoms with Gasteiger partial charge in [-0.05, 0) is 24.6 Å². The fourth-order valence-electron chi connectivity index (χ4n) is 2.48. The predicted octanol–water partition coefficient (Wildman–Crippen LogP) is 2.79. The summed E-state index contributed by atoms with van der Waals surface area (Å²) >= 11 is 5.93. The summed E-state index contributed by atoms with van der Waals surface area (Å²) in [5.74, 6) is 0.700. The average molecular weight is 395 g/mol. The SMILES string of the molecule is O=[N+]([O-])c1ccc(Cl)c(S(=O)(=O)Nc2cccc(C3=NCCCN3)c2)c1. The minimum Gasteiger partial charge on any atom is -0.370 e. The van der Waals surface area contributed by atoms with Crippen LogP contribution in [0.4, 0.5) is 11.4 Å². The van der Waals surface area contributed by atoms with E-state index in [0.717, 1.165) is 30.7 Å². The van der Waals surface area contributed by atoms with E-state index in [4.69, 9.17) is 11.6 Å². The van der Waals surface area contributed by atoms with Gasteiger partial charge < -0.3 is 5.32 Å². The maximum absolute atomic E-state index is 12.6. The molecular weight excluding hydrogens is 380 g/mol. The van der Waals surface area contributed by atoms with E-state index in [-0.39, 0.29) is 15.6 Å². The van der Waals surface area contributed by atoms with Crippen LogP contribution < -0.4 is 10.0 Å². The first-order chi connectivity index (χ1) is 12.4. The molecule has 0 spiro atoms. The summed E-state index contributed by atoms with van der Waals surface area (Å²) in [6.07, 6.45) is 0.946. The molecule has 0 radical (unpaired) electrons. The molecule has 1 aliphatic heterocycles. The lowest BCUT2D eigenvalue weighted by Gasteiger charge is -2.16. The fourth-order valence-corrected chi connectivity index (χ4v) is 4.05. The minimum absolute atomic E-state index is 0.0995. The molecule has 0 atom stereocenters. The standard InChI is InChI=1S/C16H15ClN4O4S/c17-14-6-5-13(21(22)23)10-15(14)26(24,25)20-12-4-1-3-11(9-12)16-18-7-2-8-19-16/h1,3-6,9-10,20H,2,7-8H2,(H,18,19). The molecule has 0 saturated carbocycles. The Hall–Kier alpha value is -2.65. The second-order valence-electron chi connectivity index (χ2n) is 5.57. The Morgan fingerprint density at radius 1 is 1.23 bits per heavy atom. The number of nitro groups is 1. The smallest absolute Gasteiger partial charge is 0.270 e. The van der Waals surface area contributed by atoms with Gasteiger partial charge in [-0.2, -0.15) is 0 Å². The second kappa shape index (κ2) is 7.30. The maximum atomic E-state index is 12.6. The van der Waals surface area contributed by atoms with Gasteiger partial charge in [0.25, 0.3) is 15.7 Å². The Labute approximate surface area is 155 Å². The van der Waals surface area contributed by atoms with Crippen LogP contribution in [0.2, 0.25) is 5.02 Å². The molecule has 1 heterocycles. The molecule has 0 bridgehead atoms. The number of amidine groups is 1. The average Bonchev–Trinajstić information content (AvgIpc) is 2.62. The van der Waals surface area contributed by atoms with Crippen molar-refractivity contribution in [1.82, 2.24) is 5.32 Å². The van der Waals surface area contributed by atoms with E-state index in [9.17, 15) is 18.5 Å². The van der Waals surface area contributed by atoms with Gasteiger partial charge >= 0.3 is 0 Å². The highest BCUT2D eigenvalue weighted by molar-refractivity contribution is 7.92. The van der Waals surface area contributed by atoms with E-state index in [2.05, 4.69) is 15.0 Å². The lowest BCUT2D eigenvalue weighted by molar-refractivity contribution is -0.385. The largest absolute Gasteiger partial charge is 0.370 e. The number of halogens is 1. The van der Waals surface area contributed by atoms with Crippen LogP contribution in [-0.2, 0) is 10.0 Å². The summed E-state index contributed by atoms with van der Waals surface area (Å²) < 4.78 is 27.6. The van der Waals surface area contributed by atoms with Crippen molar-refractivity contribution in [2.45, 2.75) is 11.3 Å². The van der Waals surface area contributed by atoms with Gasteiger partial charge in [0, 0.05) is 36.5 Å². The van der Waals surface area contributed by atoms with Crippen LogP contribution in [0.5, 0.6) is 0 Å². The predicted molar refractivity (Wildman–Crippen MR) is 99.4 cm³/mol. The van der Waals surface area contributed by atoms with Crippen LogP contribution >= 0.6 is 11.6 Å². The number of anilines is 1. The Bertz CT molecular complexity index is 991. The van der Waals surface area contributed by atoms with Crippen molar-refractivity contribution < 1.29 is 13.3 Å². The van der Waals surface area contributed by atoms with Gasteiger partial charge in [0.2, 0.25) is 0 Å². The number of nitrogens with one attached hydrogen (secondary N) is 2. The number of non-ortho nitro benzene ring substituents is 1. The first-order valence-corrected chi connectivity index (χ1v) is 9.58. The van der Waals surface area contributed by atoms with Gasteiger partial charge in [-0.25, -0.2) is 8.42 Å². The third kappa shape index (κ3) is 3.94. The molecular formula is C16H15ClN4O4S. The van der Waals surface area contributed by atoms with Gasteiger partial charge in [-0.3, -0.25) is 19.8 Å². The molecule has 0 saturated heterocycles. The van der Waals surface area contributed by atoms with E-state index in [1.807, 2.05) is 6.07 Å². The fraction of sp³-hybridized carbons (Fsp3) is 0.188. The molecule has 2 aromatic rings. The lowest BCUT2D eigenvalue weighted by atomic mass is 10.1.